The summed E-state index contributed by atoms with van der Waals surface area (Å²) in [5.41, 5.74) is 2.21. The zero-order chi connectivity index (χ0) is 15.4. The van der Waals surface area contributed by atoms with Crippen LogP contribution in [0, 0.1) is 6.92 Å². The lowest BCUT2D eigenvalue weighted by molar-refractivity contribution is 0.387. The quantitative estimate of drug-likeness (QED) is 0.819. The molecule has 2 aromatic heterocycles. The van der Waals surface area contributed by atoms with Crippen LogP contribution in [0.5, 0.6) is 0 Å². The van der Waals surface area contributed by atoms with E-state index in [1.807, 2.05) is 18.7 Å². The van der Waals surface area contributed by atoms with Crippen LogP contribution in [-0.4, -0.2) is 16.3 Å². The number of hydrogen-bond donors (Lipinski definition) is 1. The zero-order valence-electron chi connectivity index (χ0n) is 13.2. The average Bonchev–Trinajstić information content (AvgIpc) is 3.03. The lowest BCUT2D eigenvalue weighted by atomic mass is 10.1. The Morgan fingerprint density at radius 2 is 2.14 bits per heavy atom. The summed E-state index contributed by atoms with van der Waals surface area (Å²) in [6, 6.07) is 4.33. The van der Waals surface area contributed by atoms with Gasteiger partial charge in [0.05, 0.1) is 21.9 Å². The highest BCUT2D eigenvalue weighted by molar-refractivity contribution is 9.10. The summed E-state index contributed by atoms with van der Waals surface area (Å²) < 4.78 is 8.98. The van der Waals surface area contributed by atoms with E-state index in [0.717, 1.165) is 47.5 Å². The van der Waals surface area contributed by atoms with Gasteiger partial charge in [-0.1, -0.05) is 13.8 Å². The minimum Gasteiger partial charge on any atom is -0.464 e. The maximum absolute atomic E-state index is 5.94. The van der Waals surface area contributed by atoms with E-state index in [0.29, 0.717) is 0 Å². The van der Waals surface area contributed by atoms with Crippen molar-refractivity contribution in [1.29, 1.82) is 0 Å². The van der Waals surface area contributed by atoms with Crippen LogP contribution in [0.15, 0.2) is 21.0 Å². The van der Waals surface area contributed by atoms with Crippen molar-refractivity contribution in [3.63, 3.8) is 0 Å². The smallest absolute Gasteiger partial charge is 0.121 e. The molecular weight excluding hydrogens is 330 g/mol. The molecular formula is C16H24BrN3O. The van der Waals surface area contributed by atoms with Gasteiger partial charge in [0, 0.05) is 19.9 Å². The normalized spacial score (nSPS) is 12.8. The van der Waals surface area contributed by atoms with E-state index in [1.165, 1.54) is 5.69 Å². The summed E-state index contributed by atoms with van der Waals surface area (Å²) in [6.45, 7) is 7.28. The van der Waals surface area contributed by atoms with E-state index < -0.39 is 0 Å². The summed E-state index contributed by atoms with van der Waals surface area (Å²) in [5, 5.41) is 8.05. The fourth-order valence-corrected chi connectivity index (χ4v) is 2.96. The molecule has 0 aromatic carbocycles. The van der Waals surface area contributed by atoms with Gasteiger partial charge in [-0.05, 0) is 48.0 Å². The molecule has 0 aliphatic carbocycles. The van der Waals surface area contributed by atoms with E-state index in [1.54, 1.807) is 0 Å². The van der Waals surface area contributed by atoms with E-state index in [2.05, 4.69) is 52.3 Å². The van der Waals surface area contributed by atoms with Crippen molar-refractivity contribution in [1.82, 2.24) is 15.1 Å². The van der Waals surface area contributed by atoms with Gasteiger partial charge in [0.25, 0.3) is 0 Å². The number of nitrogens with zero attached hydrogens (tertiary/aromatic N) is 2. The largest absolute Gasteiger partial charge is 0.464 e. The minimum atomic E-state index is 0.177. The van der Waals surface area contributed by atoms with Crippen LogP contribution in [0.3, 0.4) is 0 Å². The topological polar surface area (TPSA) is 43.0 Å². The zero-order valence-corrected chi connectivity index (χ0v) is 14.8. The predicted octanol–water partition coefficient (Wildman–Crippen LogP) is 3.93. The molecule has 116 valence electrons. The molecule has 0 radical (unpaired) electrons. The SMILES string of the molecule is CCCNC(Cc1c(Br)c(C)nn1C)c1ccc(CC)o1. The molecule has 0 fully saturated rings. The van der Waals surface area contributed by atoms with Crippen molar-refractivity contribution in [2.45, 2.75) is 46.1 Å². The Bertz CT molecular complexity index is 588. The van der Waals surface area contributed by atoms with Gasteiger partial charge in [0.15, 0.2) is 0 Å². The highest BCUT2D eigenvalue weighted by atomic mass is 79.9. The van der Waals surface area contributed by atoms with Crippen molar-refractivity contribution in [3.05, 3.63) is 39.5 Å². The standard InChI is InChI=1S/C16H24BrN3O/c1-5-9-18-13(15-8-7-12(6-2)21-15)10-14-16(17)11(3)19-20(14)4/h7-8,13,18H,5-6,9-10H2,1-4H3. The van der Waals surface area contributed by atoms with Crippen molar-refractivity contribution in [2.75, 3.05) is 6.54 Å². The maximum atomic E-state index is 5.94. The molecule has 2 aromatic rings. The second kappa shape index (κ2) is 7.27. The van der Waals surface area contributed by atoms with Crippen molar-refractivity contribution >= 4 is 15.9 Å². The fraction of sp³-hybridized carbons (Fsp3) is 0.562. The number of furan rings is 1. The number of rotatable bonds is 7. The summed E-state index contributed by atoms with van der Waals surface area (Å²) in [5.74, 6) is 2.04. The number of halogens is 1. The number of hydrogen-bond acceptors (Lipinski definition) is 3. The minimum absolute atomic E-state index is 0.177. The van der Waals surface area contributed by atoms with E-state index in [4.69, 9.17) is 4.42 Å². The van der Waals surface area contributed by atoms with Gasteiger partial charge >= 0.3 is 0 Å². The molecule has 2 rings (SSSR count). The molecule has 0 saturated carbocycles. The molecule has 0 aliphatic heterocycles. The molecule has 0 saturated heterocycles. The molecule has 21 heavy (non-hydrogen) atoms. The monoisotopic (exact) mass is 353 g/mol. The Morgan fingerprint density at radius 3 is 2.67 bits per heavy atom. The summed E-state index contributed by atoms with van der Waals surface area (Å²) in [6.07, 6.45) is 2.88. The predicted molar refractivity (Wildman–Crippen MR) is 88.5 cm³/mol. The fourth-order valence-electron chi connectivity index (χ4n) is 2.46. The van der Waals surface area contributed by atoms with Gasteiger partial charge in [-0.25, -0.2) is 0 Å². The summed E-state index contributed by atoms with van der Waals surface area (Å²) >= 11 is 3.65. The average molecular weight is 354 g/mol. The molecule has 1 N–H and O–H groups in total. The Labute approximate surface area is 135 Å². The van der Waals surface area contributed by atoms with Crippen LogP contribution in [0.1, 0.15) is 49.2 Å². The molecule has 2 heterocycles. The van der Waals surface area contributed by atoms with Gasteiger partial charge in [-0.2, -0.15) is 5.10 Å². The number of aromatic nitrogens is 2. The molecule has 0 spiro atoms. The van der Waals surface area contributed by atoms with Gasteiger partial charge in [0.2, 0.25) is 0 Å². The third-order valence-corrected chi connectivity index (χ3v) is 4.71. The Balaban J connectivity index is 2.23. The molecule has 0 aliphatic rings. The molecule has 0 bridgehead atoms. The third kappa shape index (κ3) is 3.77. The summed E-state index contributed by atoms with van der Waals surface area (Å²) in [7, 11) is 1.99. The van der Waals surface area contributed by atoms with Crippen LogP contribution in [0.4, 0.5) is 0 Å². The lowest BCUT2D eigenvalue weighted by Crippen LogP contribution is -2.24. The number of nitrogens with one attached hydrogen (secondary N) is 1. The lowest BCUT2D eigenvalue weighted by Gasteiger charge is -2.17. The Hall–Kier alpha value is -1.07. The van der Waals surface area contributed by atoms with Gasteiger partial charge in [-0.15, -0.1) is 0 Å². The second-order valence-corrected chi connectivity index (χ2v) is 6.13. The van der Waals surface area contributed by atoms with Crippen LogP contribution in [0.25, 0.3) is 0 Å². The first kappa shape index (κ1) is 16.3. The highest BCUT2D eigenvalue weighted by Crippen LogP contribution is 2.27. The van der Waals surface area contributed by atoms with Crippen LogP contribution in [0.2, 0.25) is 0 Å². The van der Waals surface area contributed by atoms with E-state index in [9.17, 15) is 0 Å². The van der Waals surface area contributed by atoms with Gasteiger partial charge in [0.1, 0.15) is 11.5 Å². The Morgan fingerprint density at radius 1 is 1.38 bits per heavy atom. The Kier molecular flexibility index (Phi) is 5.65. The molecule has 1 atom stereocenters. The van der Waals surface area contributed by atoms with Crippen molar-refractivity contribution in [3.8, 4) is 0 Å². The second-order valence-electron chi connectivity index (χ2n) is 5.34. The first-order valence-electron chi connectivity index (χ1n) is 7.56. The third-order valence-electron chi connectivity index (χ3n) is 3.67. The van der Waals surface area contributed by atoms with E-state index in [-0.39, 0.29) is 6.04 Å². The summed E-state index contributed by atoms with van der Waals surface area (Å²) in [4.78, 5) is 0. The first-order chi connectivity index (χ1) is 10.1. The van der Waals surface area contributed by atoms with Crippen LogP contribution in [-0.2, 0) is 19.9 Å². The first-order valence-corrected chi connectivity index (χ1v) is 8.36. The van der Waals surface area contributed by atoms with Gasteiger partial charge in [-0.3, -0.25) is 4.68 Å². The molecule has 0 amide bonds. The number of aryl methyl sites for hydroxylation is 3. The molecule has 1 unspecified atom stereocenters. The van der Waals surface area contributed by atoms with Crippen LogP contribution < -0.4 is 5.32 Å². The molecule has 5 heteroatoms. The maximum Gasteiger partial charge on any atom is 0.121 e. The van der Waals surface area contributed by atoms with Gasteiger partial charge < -0.3 is 9.73 Å². The van der Waals surface area contributed by atoms with Crippen molar-refractivity contribution < 1.29 is 4.42 Å². The highest BCUT2D eigenvalue weighted by Gasteiger charge is 2.20. The van der Waals surface area contributed by atoms with E-state index >= 15 is 0 Å². The van der Waals surface area contributed by atoms with Crippen LogP contribution >= 0.6 is 15.9 Å². The molecule has 4 nitrogen and oxygen atoms in total. The van der Waals surface area contributed by atoms with Crippen molar-refractivity contribution in [2.24, 2.45) is 7.05 Å².